The SMILES string of the molecule is CN/N=C(/I)C(=N)CC(C=NC1COC1)=CN. The molecule has 94 valence electrons. The van der Waals surface area contributed by atoms with Crippen LogP contribution in [0.3, 0.4) is 0 Å². The van der Waals surface area contributed by atoms with Gasteiger partial charge in [-0.25, -0.2) is 0 Å². The summed E-state index contributed by atoms with van der Waals surface area (Å²) in [5.74, 6) is 0. The Bertz CT molecular complexity index is 360. The van der Waals surface area contributed by atoms with Crippen molar-refractivity contribution in [2.75, 3.05) is 20.3 Å². The summed E-state index contributed by atoms with van der Waals surface area (Å²) in [5, 5.41) is 11.7. The number of aliphatic imine (C=N–C) groups is 1. The zero-order chi connectivity index (χ0) is 12.7. The summed E-state index contributed by atoms with van der Waals surface area (Å²) >= 11 is 2.01. The highest BCUT2D eigenvalue weighted by molar-refractivity contribution is 14.1. The Labute approximate surface area is 114 Å². The van der Waals surface area contributed by atoms with E-state index >= 15 is 0 Å². The molecule has 0 amide bonds. The van der Waals surface area contributed by atoms with Crippen LogP contribution >= 0.6 is 22.6 Å². The minimum absolute atomic E-state index is 0.240. The van der Waals surface area contributed by atoms with E-state index in [0.29, 0.717) is 29.1 Å². The van der Waals surface area contributed by atoms with Gasteiger partial charge in [-0.2, -0.15) is 5.10 Å². The van der Waals surface area contributed by atoms with E-state index in [1.165, 1.54) is 6.20 Å². The van der Waals surface area contributed by atoms with Crippen LogP contribution in [-0.4, -0.2) is 41.9 Å². The van der Waals surface area contributed by atoms with Crippen molar-refractivity contribution in [3.63, 3.8) is 0 Å². The quantitative estimate of drug-likeness (QED) is 0.374. The Kier molecular flexibility index (Phi) is 6.12. The number of nitrogens with two attached hydrogens (primary N) is 1. The van der Waals surface area contributed by atoms with E-state index in [1.54, 1.807) is 13.3 Å². The number of nitrogens with one attached hydrogen (secondary N) is 2. The van der Waals surface area contributed by atoms with Crippen molar-refractivity contribution in [3.8, 4) is 0 Å². The Balaban J connectivity index is 2.49. The molecular formula is C10H16IN5O. The van der Waals surface area contributed by atoms with Crippen molar-refractivity contribution >= 4 is 38.2 Å². The molecule has 0 radical (unpaired) electrons. The second-order valence-corrected chi connectivity index (χ2v) is 4.51. The van der Waals surface area contributed by atoms with E-state index in [-0.39, 0.29) is 6.04 Å². The van der Waals surface area contributed by atoms with Crippen LogP contribution in [0.4, 0.5) is 0 Å². The largest absolute Gasteiger partial charge is 0.404 e. The fourth-order valence-corrected chi connectivity index (χ4v) is 1.53. The van der Waals surface area contributed by atoms with Crippen LogP contribution in [0.2, 0.25) is 0 Å². The van der Waals surface area contributed by atoms with Crippen molar-refractivity contribution in [2.24, 2.45) is 15.8 Å². The summed E-state index contributed by atoms with van der Waals surface area (Å²) in [5.41, 5.74) is 9.37. The maximum Gasteiger partial charge on any atom is 0.142 e. The van der Waals surface area contributed by atoms with Gasteiger partial charge in [-0.3, -0.25) is 4.99 Å². The predicted molar refractivity (Wildman–Crippen MR) is 78.2 cm³/mol. The van der Waals surface area contributed by atoms with E-state index in [4.69, 9.17) is 15.9 Å². The van der Waals surface area contributed by atoms with E-state index in [9.17, 15) is 0 Å². The fraction of sp³-hybridized carbons (Fsp3) is 0.500. The van der Waals surface area contributed by atoms with Gasteiger partial charge < -0.3 is 21.3 Å². The van der Waals surface area contributed by atoms with Gasteiger partial charge >= 0.3 is 0 Å². The average Bonchev–Trinajstić information content (AvgIpc) is 2.25. The molecule has 0 atom stereocenters. The van der Waals surface area contributed by atoms with Gasteiger partial charge in [0.1, 0.15) is 3.72 Å². The smallest absolute Gasteiger partial charge is 0.142 e. The van der Waals surface area contributed by atoms with Crippen LogP contribution < -0.4 is 11.2 Å². The van der Waals surface area contributed by atoms with Crippen LogP contribution in [0.25, 0.3) is 0 Å². The monoisotopic (exact) mass is 349 g/mol. The van der Waals surface area contributed by atoms with Gasteiger partial charge in [0.2, 0.25) is 0 Å². The number of nitrogens with zero attached hydrogens (tertiary/aromatic N) is 2. The zero-order valence-corrected chi connectivity index (χ0v) is 11.8. The summed E-state index contributed by atoms with van der Waals surface area (Å²) in [7, 11) is 1.70. The molecule has 0 aromatic carbocycles. The van der Waals surface area contributed by atoms with Crippen molar-refractivity contribution in [2.45, 2.75) is 12.5 Å². The Morgan fingerprint density at radius 1 is 1.65 bits per heavy atom. The lowest BCUT2D eigenvalue weighted by Gasteiger charge is -2.21. The molecule has 0 bridgehead atoms. The standard InChI is InChI=1S/C10H16IN5O/c1-14-16-10(11)9(13)2-7(3-12)4-15-8-5-17-6-8/h3-4,8,13-14H,2,5-6,12H2,1H3/b7-3?,13-9?,15-4?,16-10+. The molecule has 7 heteroatoms. The molecule has 1 aliphatic rings. The third-order valence-corrected chi connectivity index (χ3v) is 3.02. The summed E-state index contributed by atoms with van der Waals surface area (Å²) in [6, 6.07) is 0.240. The van der Waals surface area contributed by atoms with Crippen LogP contribution in [0.5, 0.6) is 0 Å². The second kappa shape index (κ2) is 7.38. The number of hydrazone groups is 1. The van der Waals surface area contributed by atoms with Gasteiger partial charge in [-0.15, -0.1) is 0 Å². The minimum Gasteiger partial charge on any atom is -0.404 e. The van der Waals surface area contributed by atoms with Gasteiger partial charge in [-0.1, -0.05) is 0 Å². The number of hydrogen-bond acceptors (Lipinski definition) is 6. The Hall–Kier alpha value is -0.960. The number of allylic oxidation sites excluding steroid dienone is 1. The lowest BCUT2D eigenvalue weighted by Crippen LogP contribution is -2.31. The Morgan fingerprint density at radius 2 is 2.35 bits per heavy atom. The topological polar surface area (TPSA) is 95.8 Å². The molecule has 4 N–H and O–H groups in total. The van der Waals surface area contributed by atoms with Crippen molar-refractivity contribution in [3.05, 3.63) is 11.8 Å². The van der Waals surface area contributed by atoms with E-state index in [2.05, 4.69) is 15.5 Å². The van der Waals surface area contributed by atoms with Crippen molar-refractivity contribution in [1.29, 1.82) is 5.41 Å². The lowest BCUT2D eigenvalue weighted by molar-refractivity contribution is 0.0135. The molecule has 1 saturated heterocycles. The van der Waals surface area contributed by atoms with Crippen LogP contribution in [0.15, 0.2) is 21.9 Å². The Morgan fingerprint density at radius 3 is 2.82 bits per heavy atom. The molecule has 0 saturated carbocycles. The molecule has 0 aromatic heterocycles. The van der Waals surface area contributed by atoms with Gasteiger partial charge in [0.05, 0.1) is 25.0 Å². The van der Waals surface area contributed by atoms with E-state index < -0.39 is 0 Å². The number of halogens is 1. The van der Waals surface area contributed by atoms with Crippen LogP contribution in [0, 0.1) is 5.41 Å². The highest BCUT2D eigenvalue weighted by Gasteiger charge is 2.16. The zero-order valence-electron chi connectivity index (χ0n) is 9.61. The molecule has 0 aliphatic carbocycles. The number of hydrogen-bond donors (Lipinski definition) is 3. The first kappa shape index (κ1) is 14.1. The molecule has 17 heavy (non-hydrogen) atoms. The average molecular weight is 349 g/mol. The highest BCUT2D eigenvalue weighted by atomic mass is 127. The van der Waals surface area contributed by atoms with E-state index in [0.717, 1.165) is 5.57 Å². The summed E-state index contributed by atoms with van der Waals surface area (Å²) < 4.78 is 5.63. The first-order chi connectivity index (χ1) is 8.17. The summed E-state index contributed by atoms with van der Waals surface area (Å²) in [6.07, 6.45) is 3.61. The predicted octanol–water partition coefficient (Wildman–Crippen LogP) is 0.676. The molecule has 1 fully saturated rings. The van der Waals surface area contributed by atoms with Gasteiger partial charge in [0, 0.05) is 19.7 Å². The van der Waals surface area contributed by atoms with Crippen molar-refractivity contribution < 1.29 is 4.74 Å². The summed E-state index contributed by atoms with van der Waals surface area (Å²) in [4.78, 5) is 4.31. The minimum atomic E-state index is 0.240. The van der Waals surface area contributed by atoms with Gasteiger partial charge in [0.25, 0.3) is 0 Å². The number of rotatable bonds is 6. The maximum atomic E-state index is 7.82. The summed E-state index contributed by atoms with van der Waals surface area (Å²) in [6.45, 7) is 1.34. The number of ether oxygens (including phenoxy) is 1. The van der Waals surface area contributed by atoms with E-state index in [1.807, 2.05) is 22.6 Å². The maximum absolute atomic E-state index is 7.82. The normalized spacial score (nSPS) is 18.2. The van der Waals surface area contributed by atoms with Crippen LogP contribution in [0.1, 0.15) is 6.42 Å². The highest BCUT2D eigenvalue weighted by Crippen LogP contribution is 2.07. The van der Waals surface area contributed by atoms with Gasteiger partial charge in [-0.05, 0) is 34.4 Å². The molecule has 1 aliphatic heterocycles. The fourth-order valence-electron chi connectivity index (χ4n) is 1.10. The van der Waals surface area contributed by atoms with Crippen LogP contribution in [-0.2, 0) is 4.74 Å². The third kappa shape index (κ3) is 4.82. The molecule has 1 rings (SSSR count). The second-order valence-electron chi connectivity index (χ2n) is 3.49. The lowest BCUT2D eigenvalue weighted by atomic mass is 10.1. The first-order valence-corrected chi connectivity index (χ1v) is 6.24. The molecule has 0 unspecified atom stereocenters. The molecular weight excluding hydrogens is 333 g/mol. The molecule has 0 aromatic rings. The van der Waals surface area contributed by atoms with Crippen molar-refractivity contribution in [1.82, 2.24) is 5.43 Å². The molecule has 0 spiro atoms. The third-order valence-electron chi connectivity index (χ3n) is 2.13. The molecule has 1 heterocycles. The molecule has 6 nitrogen and oxygen atoms in total. The first-order valence-electron chi connectivity index (χ1n) is 5.16. The van der Waals surface area contributed by atoms with Gasteiger partial charge in [0.15, 0.2) is 0 Å².